The van der Waals surface area contributed by atoms with Crippen molar-refractivity contribution in [2.24, 2.45) is 11.8 Å². The van der Waals surface area contributed by atoms with Crippen LogP contribution < -0.4 is 0 Å². The summed E-state index contributed by atoms with van der Waals surface area (Å²) >= 11 is 0. The highest BCUT2D eigenvalue weighted by molar-refractivity contribution is 5.80. The Labute approximate surface area is 79.1 Å². The van der Waals surface area contributed by atoms with Crippen LogP contribution >= 0.6 is 0 Å². The van der Waals surface area contributed by atoms with E-state index in [0.717, 1.165) is 0 Å². The number of carboxylic acid groups (broad SMARTS) is 1. The van der Waals surface area contributed by atoms with Crippen molar-refractivity contribution in [3.05, 3.63) is 0 Å². The number of carbonyl (C=O) groups excluding carboxylic acids is 1. The minimum Gasteiger partial charge on any atom is -0.481 e. The molecule has 0 saturated carbocycles. The molecular weight excluding hydrogens is 168 g/mol. The fourth-order valence-corrected chi connectivity index (χ4v) is 1.08. The highest BCUT2D eigenvalue weighted by atomic mass is 16.4. The van der Waals surface area contributed by atoms with E-state index in [4.69, 9.17) is 5.11 Å². The average Bonchev–Trinajstić information content (AvgIpc) is 1.98. The largest absolute Gasteiger partial charge is 0.481 e. The fourth-order valence-electron chi connectivity index (χ4n) is 1.08. The molecule has 0 saturated heterocycles. The van der Waals surface area contributed by atoms with E-state index in [-0.39, 0.29) is 24.0 Å². The molecular formula is C10H18O3. The highest BCUT2D eigenvalue weighted by Gasteiger charge is 2.12. The standard InChI is InChI=1S/C10H18O3/c1-7(2)9(11)5-4-8(3)6-10(12)13/h7-8H,4-6H2,1-3H3,(H,12,13)/t8-/m0/s1. The van der Waals surface area contributed by atoms with Crippen molar-refractivity contribution in [2.45, 2.75) is 40.0 Å². The summed E-state index contributed by atoms with van der Waals surface area (Å²) in [7, 11) is 0. The minimum absolute atomic E-state index is 0.0667. The van der Waals surface area contributed by atoms with Gasteiger partial charge in [-0.3, -0.25) is 9.59 Å². The van der Waals surface area contributed by atoms with E-state index in [2.05, 4.69) is 0 Å². The van der Waals surface area contributed by atoms with Gasteiger partial charge >= 0.3 is 5.97 Å². The van der Waals surface area contributed by atoms with E-state index in [1.807, 2.05) is 20.8 Å². The van der Waals surface area contributed by atoms with Crippen LogP contribution in [0.2, 0.25) is 0 Å². The Morgan fingerprint density at radius 2 is 1.77 bits per heavy atom. The molecule has 0 heterocycles. The average molecular weight is 186 g/mol. The molecule has 0 aliphatic heterocycles. The van der Waals surface area contributed by atoms with Crippen LogP contribution in [0.15, 0.2) is 0 Å². The van der Waals surface area contributed by atoms with Gasteiger partial charge in [-0.25, -0.2) is 0 Å². The first-order chi connectivity index (χ1) is 5.93. The molecule has 0 aromatic rings. The van der Waals surface area contributed by atoms with Crippen LogP contribution in [-0.2, 0) is 9.59 Å². The molecule has 1 atom stereocenters. The van der Waals surface area contributed by atoms with Crippen LogP contribution in [0.4, 0.5) is 0 Å². The second-order valence-corrected chi connectivity index (χ2v) is 3.86. The lowest BCUT2D eigenvalue weighted by molar-refractivity contribution is -0.138. The molecule has 0 fully saturated rings. The molecule has 0 aliphatic rings. The van der Waals surface area contributed by atoms with Crippen LogP contribution in [0.5, 0.6) is 0 Å². The zero-order chi connectivity index (χ0) is 10.4. The summed E-state index contributed by atoms with van der Waals surface area (Å²) in [6.45, 7) is 5.59. The quantitative estimate of drug-likeness (QED) is 0.691. The number of carboxylic acids is 1. The summed E-state index contributed by atoms with van der Waals surface area (Å²) in [6, 6.07) is 0. The molecule has 13 heavy (non-hydrogen) atoms. The Bertz CT molecular complexity index is 185. The van der Waals surface area contributed by atoms with Crippen LogP contribution in [0.3, 0.4) is 0 Å². The molecule has 0 unspecified atom stereocenters. The van der Waals surface area contributed by atoms with Crippen molar-refractivity contribution in [1.82, 2.24) is 0 Å². The number of rotatable bonds is 6. The zero-order valence-corrected chi connectivity index (χ0v) is 8.54. The van der Waals surface area contributed by atoms with Crippen molar-refractivity contribution >= 4 is 11.8 Å². The van der Waals surface area contributed by atoms with E-state index < -0.39 is 5.97 Å². The predicted octanol–water partition coefficient (Wildman–Crippen LogP) is 2.10. The summed E-state index contributed by atoms with van der Waals surface area (Å²) < 4.78 is 0. The van der Waals surface area contributed by atoms with Crippen LogP contribution in [0.1, 0.15) is 40.0 Å². The van der Waals surface area contributed by atoms with Gasteiger partial charge in [-0.15, -0.1) is 0 Å². The van der Waals surface area contributed by atoms with Crippen molar-refractivity contribution in [2.75, 3.05) is 0 Å². The van der Waals surface area contributed by atoms with Gasteiger partial charge in [0.05, 0.1) is 0 Å². The summed E-state index contributed by atoms with van der Waals surface area (Å²) in [6.07, 6.45) is 1.35. The Morgan fingerprint density at radius 1 is 1.23 bits per heavy atom. The van der Waals surface area contributed by atoms with Gasteiger partial charge in [-0.1, -0.05) is 20.8 Å². The molecule has 0 aromatic heterocycles. The predicted molar refractivity (Wildman–Crippen MR) is 50.5 cm³/mol. The smallest absolute Gasteiger partial charge is 0.303 e. The summed E-state index contributed by atoms with van der Waals surface area (Å²) in [5.74, 6) is -0.404. The number of hydrogen-bond acceptors (Lipinski definition) is 2. The summed E-state index contributed by atoms with van der Waals surface area (Å²) in [5, 5.41) is 8.47. The van der Waals surface area contributed by atoms with E-state index in [1.54, 1.807) is 0 Å². The van der Waals surface area contributed by atoms with Gasteiger partial charge in [-0.05, 0) is 12.3 Å². The maximum absolute atomic E-state index is 11.2. The second-order valence-electron chi connectivity index (χ2n) is 3.86. The zero-order valence-electron chi connectivity index (χ0n) is 8.54. The van der Waals surface area contributed by atoms with Gasteiger partial charge in [0.1, 0.15) is 5.78 Å². The van der Waals surface area contributed by atoms with E-state index in [1.165, 1.54) is 0 Å². The van der Waals surface area contributed by atoms with Gasteiger partial charge in [0.2, 0.25) is 0 Å². The van der Waals surface area contributed by atoms with Gasteiger partial charge in [-0.2, -0.15) is 0 Å². The van der Waals surface area contributed by atoms with Gasteiger partial charge in [0, 0.05) is 18.8 Å². The molecule has 0 radical (unpaired) electrons. The van der Waals surface area contributed by atoms with Crippen molar-refractivity contribution in [1.29, 1.82) is 0 Å². The van der Waals surface area contributed by atoms with E-state index in [0.29, 0.717) is 12.8 Å². The molecule has 3 heteroatoms. The van der Waals surface area contributed by atoms with Gasteiger partial charge in [0.25, 0.3) is 0 Å². The third-order valence-electron chi connectivity index (χ3n) is 2.05. The number of carbonyl (C=O) groups is 2. The first-order valence-corrected chi connectivity index (χ1v) is 4.68. The maximum Gasteiger partial charge on any atom is 0.303 e. The van der Waals surface area contributed by atoms with Gasteiger partial charge in [0.15, 0.2) is 0 Å². The van der Waals surface area contributed by atoms with Gasteiger partial charge < -0.3 is 5.11 Å². The molecule has 0 rings (SSSR count). The van der Waals surface area contributed by atoms with E-state index in [9.17, 15) is 9.59 Å². The first-order valence-electron chi connectivity index (χ1n) is 4.68. The van der Waals surface area contributed by atoms with Crippen molar-refractivity contribution < 1.29 is 14.7 Å². The molecule has 0 amide bonds. The van der Waals surface area contributed by atoms with Crippen molar-refractivity contribution in [3.8, 4) is 0 Å². The Balaban J connectivity index is 3.63. The third-order valence-corrected chi connectivity index (χ3v) is 2.05. The summed E-state index contributed by atoms with van der Waals surface area (Å²) in [5.41, 5.74) is 0. The fraction of sp³-hybridized carbons (Fsp3) is 0.800. The second kappa shape index (κ2) is 5.73. The molecule has 3 nitrogen and oxygen atoms in total. The number of ketones is 1. The van der Waals surface area contributed by atoms with E-state index >= 15 is 0 Å². The normalized spacial score (nSPS) is 12.9. The van der Waals surface area contributed by atoms with Crippen LogP contribution in [0.25, 0.3) is 0 Å². The lowest BCUT2D eigenvalue weighted by Gasteiger charge is -2.08. The van der Waals surface area contributed by atoms with Crippen molar-refractivity contribution in [3.63, 3.8) is 0 Å². The Kier molecular flexibility index (Phi) is 5.35. The lowest BCUT2D eigenvalue weighted by atomic mass is 9.96. The SMILES string of the molecule is CC(C)C(=O)CC[C@H](C)CC(=O)O. The summed E-state index contributed by atoms with van der Waals surface area (Å²) in [4.78, 5) is 21.5. The molecule has 0 spiro atoms. The van der Waals surface area contributed by atoms with Crippen LogP contribution in [0, 0.1) is 11.8 Å². The number of Topliss-reactive ketones (excluding diaryl/α,β-unsaturated/α-hetero) is 1. The lowest BCUT2D eigenvalue weighted by Crippen LogP contribution is -2.10. The third kappa shape index (κ3) is 6.31. The number of aliphatic carboxylic acids is 1. The monoisotopic (exact) mass is 186 g/mol. The number of hydrogen-bond donors (Lipinski definition) is 1. The minimum atomic E-state index is -0.788. The molecule has 0 aliphatic carbocycles. The topological polar surface area (TPSA) is 54.4 Å². The maximum atomic E-state index is 11.2. The molecule has 0 aromatic carbocycles. The Morgan fingerprint density at radius 3 is 2.15 bits per heavy atom. The highest BCUT2D eigenvalue weighted by Crippen LogP contribution is 2.12. The molecule has 1 N–H and O–H groups in total. The Hall–Kier alpha value is -0.860. The molecule has 76 valence electrons. The first kappa shape index (κ1) is 12.1. The van der Waals surface area contributed by atoms with Crippen LogP contribution in [-0.4, -0.2) is 16.9 Å². The molecule has 0 bridgehead atoms.